The summed E-state index contributed by atoms with van der Waals surface area (Å²) in [6.07, 6.45) is 3.07. The van der Waals surface area contributed by atoms with Gasteiger partial charge in [0.25, 0.3) is 0 Å². The fourth-order valence-electron chi connectivity index (χ4n) is 3.59. The fraction of sp³-hybridized carbons (Fsp3) is 0.882. The Hall–Kier alpha value is -1.06. The van der Waals surface area contributed by atoms with Crippen molar-refractivity contribution in [3.05, 3.63) is 0 Å². The molecule has 0 bridgehead atoms. The van der Waals surface area contributed by atoms with E-state index in [9.17, 15) is 14.7 Å². The summed E-state index contributed by atoms with van der Waals surface area (Å²) in [5.41, 5.74) is -0.933. The van der Waals surface area contributed by atoms with Crippen LogP contribution in [0.15, 0.2) is 0 Å². The van der Waals surface area contributed by atoms with Crippen LogP contribution in [0.5, 0.6) is 0 Å². The van der Waals surface area contributed by atoms with Crippen molar-refractivity contribution in [1.82, 2.24) is 0 Å². The van der Waals surface area contributed by atoms with Crippen LogP contribution in [0.1, 0.15) is 73.6 Å². The molecule has 0 spiro atoms. The third-order valence-electron chi connectivity index (χ3n) is 4.31. The van der Waals surface area contributed by atoms with Crippen LogP contribution >= 0.6 is 0 Å². The van der Waals surface area contributed by atoms with Crippen molar-refractivity contribution in [1.29, 1.82) is 0 Å². The summed E-state index contributed by atoms with van der Waals surface area (Å²) >= 11 is 0. The van der Waals surface area contributed by atoms with E-state index in [1.807, 2.05) is 27.7 Å². The van der Waals surface area contributed by atoms with Gasteiger partial charge in [-0.1, -0.05) is 41.0 Å². The smallest absolute Gasteiger partial charge is 0.309 e. The van der Waals surface area contributed by atoms with Crippen molar-refractivity contribution in [2.24, 2.45) is 22.7 Å². The minimum absolute atomic E-state index is 0.0548. The quantitative estimate of drug-likeness (QED) is 0.626. The molecule has 0 amide bonds. The second kappa shape index (κ2) is 7.81. The lowest BCUT2D eigenvalue weighted by Gasteiger charge is -2.37. The van der Waals surface area contributed by atoms with Gasteiger partial charge in [0.1, 0.15) is 0 Å². The Bertz CT molecular complexity index is 362. The summed E-state index contributed by atoms with van der Waals surface area (Å²) in [6.45, 7) is 12.0. The lowest BCUT2D eigenvalue weighted by atomic mass is 9.67. The maximum atomic E-state index is 11.7. The number of hydrogen-bond acceptors (Lipinski definition) is 2. The van der Waals surface area contributed by atoms with Gasteiger partial charge in [-0.15, -0.1) is 0 Å². The van der Waals surface area contributed by atoms with E-state index >= 15 is 0 Å². The van der Waals surface area contributed by atoms with Gasteiger partial charge in [0.2, 0.25) is 0 Å². The highest BCUT2D eigenvalue weighted by molar-refractivity contribution is 5.74. The molecule has 0 aromatic rings. The van der Waals surface area contributed by atoms with Crippen LogP contribution < -0.4 is 0 Å². The molecule has 4 heteroatoms. The highest BCUT2D eigenvalue weighted by atomic mass is 16.4. The molecule has 0 fully saturated rings. The van der Waals surface area contributed by atoms with E-state index in [2.05, 4.69) is 13.8 Å². The summed E-state index contributed by atoms with van der Waals surface area (Å²) < 4.78 is 0. The first-order valence-corrected chi connectivity index (χ1v) is 7.87. The van der Waals surface area contributed by atoms with Crippen LogP contribution in [-0.4, -0.2) is 22.2 Å². The number of aliphatic carboxylic acids is 2. The van der Waals surface area contributed by atoms with E-state index in [0.717, 1.165) is 12.8 Å². The van der Waals surface area contributed by atoms with Crippen LogP contribution in [0.2, 0.25) is 0 Å². The maximum Gasteiger partial charge on any atom is 0.309 e. The van der Waals surface area contributed by atoms with E-state index < -0.39 is 17.4 Å². The molecule has 0 aromatic heterocycles. The Morgan fingerprint density at radius 1 is 1.00 bits per heavy atom. The molecule has 0 aliphatic heterocycles. The molecule has 21 heavy (non-hydrogen) atoms. The van der Waals surface area contributed by atoms with Crippen molar-refractivity contribution < 1.29 is 19.8 Å². The average Bonchev–Trinajstić information content (AvgIpc) is 2.24. The second-order valence-electron chi connectivity index (χ2n) is 7.83. The van der Waals surface area contributed by atoms with Gasteiger partial charge in [0.05, 0.1) is 5.41 Å². The summed E-state index contributed by atoms with van der Waals surface area (Å²) in [6, 6.07) is 0. The van der Waals surface area contributed by atoms with E-state index in [1.165, 1.54) is 0 Å². The Labute approximate surface area is 128 Å². The van der Waals surface area contributed by atoms with Crippen molar-refractivity contribution in [2.75, 3.05) is 0 Å². The lowest BCUT2D eigenvalue weighted by Crippen LogP contribution is -2.35. The van der Waals surface area contributed by atoms with Gasteiger partial charge >= 0.3 is 11.9 Å². The van der Waals surface area contributed by atoms with Gasteiger partial charge in [-0.05, 0) is 43.4 Å². The Morgan fingerprint density at radius 3 is 1.90 bits per heavy atom. The van der Waals surface area contributed by atoms with Crippen LogP contribution in [0, 0.1) is 22.7 Å². The van der Waals surface area contributed by atoms with E-state index in [0.29, 0.717) is 18.8 Å². The zero-order valence-electron chi connectivity index (χ0n) is 14.4. The standard InChI is InChI=1S/C17H32O4/c1-7-12(2)10-17(6,15(20)21)11-16(4,5)9-13(3)8-14(18)19/h12-13H,7-11H2,1-6H3,(H,18,19)(H,20,21). The maximum absolute atomic E-state index is 11.7. The number of carboxylic acid groups (broad SMARTS) is 2. The summed E-state index contributed by atoms with van der Waals surface area (Å²) in [5, 5.41) is 18.5. The van der Waals surface area contributed by atoms with Gasteiger partial charge in [-0.2, -0.15) is 0 Å². The van der Waals surface area contributed by atoms with Crippen molar-refractivity contribution >= 4 is 11.9 Å². The van der Waals surface area contributed by atoms with E-state index in [4.69, 9.17) is 5.11 Å². The first kappa shape index (κ1) is 19.9. The Kier molecular flexibility index (Phi) is 7.41. The molecule has 0 aliphatic rings. The third-order valence-corrected chi connectivity index (χ3v) is 4.31. The lowest BCUT2D eigenvalue weighted by molar-refractivity contribution is -0.151. The van der Waals surface area contributed by atoms with Gasteiger partial charge in [-0.25, -0.2) is 0 Å². The third kappa shape index (κ3) is 7.49. The minimum atomic E-state index is -0.793. The molecule has 3 atom stereocenters. The van der Waals surface area contributed by atoms with Crippen LogP contribution in [0.3, 0.4) is 0 Å². The van der Waals surface area contributed by atoms with Crippen molar-refractivity contribution in [2.45, 2.75) is 73.6 Å². The predicted octanol–water partition coefficient (Wildman–Crippen LogP) is 4.43. The molecule has 0 aromatic carbocycles. The SMILES string of the molecule is CCC(C)CC(C)(CC(C)(C)CC(C)CC(=O)O)C(=O)O. The van der Waals surface area contributed by atoms with Gasteiger partial charge in [0.15, 0.2) is 0 Å². The number of rotatable bonds is 10. The molecule has 0 aliphatic carbocycles. The molecule has 0 radical (unpaired) electrons. The molecule has 0 saturated heterocycles. The molecular formula is C17H32O4. The summed E-state index contributed by atoms with van der Waals surface area (Å²) in [4.78, 5) is 22.5. The molecule has 2 N–H and O–H groups in total. The van der Waals surface area contributed by atoms with Crippen LogP contribution in [0.4, 0.5) is 0 Å². The molecule has 0 saturated carbocycles. The molecule has 0 heterocycles. The zero-order chi connectivity index (χ0) is 16.8. The fourth-order valence-corrected chi connectivity index (χ4v) is 3.59. The summed E-state index contributed by atoms with van der Waals surface area (Å²) in [5.74, 6) is -1.11. The first-order chi connectivity index (χ1) is 9.42. The van der Waals surface area contributed by atoms with Gasteiger partial charge < -0.3 is 10.2 Å². The largest absolute Gasteiger partial charge is 0.481 e. The number of carbonyl (C=O) groups is 2. The highest BCUT2D eigenvalue weighted by Gasteiger charge is 2.40. The molecule has 4 nitrogen and oxygen atoms in total. The van der Waals surface area contributed by atoms with Crippen LogP contribution in [0.25, 0.3) is 0 Å². The minimum Gasteiger partial charge on any atom is -0.481 e. The predicted molar refractivity (Wildman–Crippen MR) is 84.2 cm³/mol. The second-order valence-corrected chi connectivity index (χ2v) is 7.83. The molecular weight excluding hydrogens is 268 g/mol. The highest BCUT2D eigenvalue weighted by Crippen LogP contribution is 2.42. The Morgan fingerprint density at radius 2 is 1.52 bits per heavy atom. The first-order valence-electron chi connectivity index (χ1n) is 7.87. The van der Waals surface area contributed by atoms with Crippen LogP contribution in [-0.2, 0) is 9.59 Å². The molecule has 0 rings (SSSR count). The van der Waals surface area contributed by atoms with Gasteiger partial charge in [-0.3, -0.25) is 9.59 Å². The topological polar surface area (TPSA) is 74.6 Å². The number of carboxylic acids is 2. The Balaban J connectivity index is 4.89. The molecule has 3 unspecified atom stereocenters. The summed E-state index contributed by atoms with van der Waals surface area (Å²) in [7, 11) is 0. The normalized spacial score (nSPS) is 17.8. The van der Waals surface area contributed by atoms with Crippen molar-refractivity contribution in [3.63, 3.8) is 0 Å². The monoisotopic (exact) mass is 300 g/mol. The van der Waals surface area contributed by atoms with Gasteiger partial charge in [0, 0.05) is 6.42 Å². The number of hydrogen-bond donors (Lipinski definition) is 2. The van der Waals surface area contributed by atoms with E-state index in [-0.39, 0.29) is 17.8 Å². The average molecular weight is 300 g/mol. The zero-order valence-corrected chi connectivity index (χ0v) is 14.4. The van der Waals surface area contributed by atoms with Crippen molar-refractivity contribution in [3.8, 4) is 0 Å². The van der Waals surface area contributed by atoms with E-state index in [1.54, 1.807) is 0 Å². The molecule has 124 valence electrons.